The molecule has 0 fully saturated rings. The number of halogens is 3. The molecular weight excluding hydrogens is 305 g/mol. The molecule has 0 saturated carbocycles. The molecule has 5 heteroatoms. The lowest BCUT2D eigenvalue weighted by molar-refractivity contribution is -0.0291. The molecule has 1 N–H and O–H groups in total. The van der Waals surface area contributed by atoms with Gasteiger partial charge in [0.15, 0.2) is 0 Å². The highest BCUT2D eigenvalue weighted by atomic mass is 35.5. The highest BCUT2D eigenvalue weighted by Crippen LogP contribution is 2.36. The van der Waals surface area contributed by atoms with Crippen LogP contribution in [-0.2, 0) is 5.60 Å². The summed E-state index contributed by atoms with van der Waals surface area (Å²) in [4.78, 5) is 2.07. The zero-order valence-corrected chi connectivity index (χ0v) is 14.1. The van der Waals surface area contributed by atoms with E-state index < -0.39 is 5.60 Å². The number of hydrogen-bond donors (Lipinski definition) is 1. The molecule has 0 heterocycles. The molecule has 0 amide bonds. The molecule has 0 aliphatic carbocycles. The van der Waals surface area contributed by atoms with Crippen LogP contribution in [0.25, 0.3) is 0 Å². The summed E-state index contributed by atoms with van der Waals surface area (Å²) < 4.78 is 0. The first-order valence-corrected chi connectivity index (χ1v) is 6.89. The van der Waals surface area contributed by atoms with Crippen molar-refractivity contribution >= 4 is 35.6 Å². The average molecular weight is 327 g/mol. The van der Waals surface area contributed by atoms with Crippen molar-refractivity contribution in [2.24, 2.45) is 5.92 Å². The Bertz CT molecular complexity index is 412. The van der Waals surface area contributed by atoms with Crippen LogP contribution in [-0.4, -0.2) is 30.6 Å². The van der Waals surface area contributed by atoms with Gasteiger partial charge in [-0.25, -0.2) is 0 Å². The second-order valence-corrected chi connectivity index (χ2v) is 5.88. The molecule has 1 rings (SSSR count). The highest BCUT2D eigenvalue weighted by molar-refractivity contribution is 6.42. The summed E-state index contributed by atoms with van der Waals surface area (Å²) in [5.74, 6) is 0.106. The predicted octanol–water partition coefficient (Wildman–Crippen LogP) is 4.21. The van der Waals surface area contributed by atoms with E-state index in [0.29, 0.717) is 16.5 Å². The summed E-state index contributed by atoms with van der Waals surface area (Å²) in [6.45, 7) is 4.84. The predicted molar refractivity (Wildman–Crippen MR) is 85.6 cm³/mol. The number of nitrogens with zero attached hydrogens (tertiary/aromatic N) is 1. The summed E-state index contributed by atoms with van der Waals surface area (Å²) in [6, 6.07) is 5.35. The lowest BCUT2D eigenvalue weighted by atomic mass is 9.80. The molecule has 110 valence electrons. The van der Waals surface area contributed by atoms with Crippen LogP contribution in [0.2, 0.25) is 10.0 Å². The maximum Gasteiger partial charge on any atom is 0.0932 e. The van der Waals surface area contributed by atoms with E-state index in [0.717, 1.165) is 12.1 Å². The van der Waals surface area contributed by atoms with Gasteiger partial charge < -0.3 is 10.0 Å². The van der Waals surface area contributed by atoms with Crippen LogP contribution in [0.3, 0.4) is 0 Å². The smallest absolute Gasteiger partial charge is 0.0932 e. The van der Waals surface area contributed by atoms with Gasteiger partial charge in [-0.05, 0) is 38.2 Å². The van der Waals surface area contributed by atoms with Gasteiger partial charge in [-0.1, -0.05) is 43.1 Å². The fourth-order valence-corrected chi connectivity index (χ4v) is 2.60. The lowest BCUT2D eigenvalue weighted by Gasteiger charge is -2.35. The molecule has 2 unspecified atom stereocenters. The Morgan fingerprint density at radius 2 is 1.84 bits per heavy atom. The second kappa shape index (κ2) is 7.70. The topological polar surface area (TPSA) is 23.5 Å². The van der Waals surface area contributed by atoms with Gasteiger partial charge in [0, 0.05) is 12.5 Å². The first-order valence-electron chi connectivity index (χ1n) is 6.14. The van der Waals surface area contributed by atoms with Crippen molar-refractivity contribution in [1.82, 2.24) is 4.90 Å². The van der Waals surface area contributed by atoms with Gasteiger partial charge in [0.25, 0.3) is 0 Å². The van der Waals surface area contributed by atoms with Crippen molar-refractivity contribution in [2.75, 3.05) is 20.6 Å². The summed E-state index contributed by atoms with van der Waals surface area (Å²) in [5.41, 5.74) is -0.0489. The highest BCUT2D eigenvalue weighted by Gasteiger charge is 2.34. The first-order chi connectivity index (χ1) is 8.31. The van der Waals surface area contributed by atoms with Gasteiger partial charge in [-0.15, -0.1) is 12.4 Å². The molecule has 1 aromatic carbocycles. The van der Waals surface area contributed by atoms with Crippen molar-refractivity contribution in [2.45, 2.75) is 25.9 Å². The average Bonchev–Trinajstić information content (AvgIpc) is 2.30. The monoisotopic (exact) mass is 325 g/mol. The van der Waals surface area contributed by atoms with E-state index in [-0.39, 0.29) is 18.3 Å². The van der Waals surface area contributed by atoms with E-state index in [4.69, 9.17) is 23.2 Å². The van der Waals surface area contributed by atoms with Gasteiger partial charge >= 0.3 is 0 Å². The zero-order chi connectivity index (χ0) is 13.9. The Hall–Kier alpha value is 0.01000. The van der Waals surface area contributed by atoms with Gasteiger partial charge in [-0.3, -0.25) is 0 Å². The minimum atomic E-state index is -0.876. The Morgan fingerprint density at radius 3 is 2.26 bits per heavy atom. The lowest BCUT2D eigenvalue weighted by Crippen LogP contribution is -2.38. The molecule has 0 radical (unpaired) electrons. The maximum absolute atomic E-state index is 10.9. The Balaban J connectivity index is 0.00000324. The summed E-state index contributed by atoms with van der Waals surface area (Å²) in [7, 11) is 4.00. The summed E-state index contributed by atoms with van der Waals surface area (Å²) in [5, 5.41) is 11.9. The van der Waals surface area contributed by atoms with Gasteiger partial charge in [0.05, 0.1) is 15.6 Å². The largest absolute Gasteiger partial charge is 0.385 e. The van der Waals surface area contributed by atoms with Crippen LogP contribution in [0.4, 0.5) is 0 Å². The molecule has 0 aliphatic rings. The molecule has 0 bridgehead atoms. The van der Waals surface area contributed by atoms with E-state index in [1.807, 2.05) is 34.0 Å². The molecule has 0 saturated heterocycles. The SMILES string of the molecule is CCC(O)(c1ccc(Cl)c(Cl)c1)C(C)CN(C)C.Cl. The van der Waals surface area contributed by atoms with Crippen LogP contribution in [0.5, 0.6) is 0 Å². The van der Waals surface area contributed by atoms with E-state index in [9.17, 15) is 5.11 Å². The normalized spacial score (nSPS) is 15.8. The van der Waals surface area contributed by atoms with Crippen molar-refractivity contribution < 1.29 is 5.11 Å². The molecule has 1 aromatic rings. The quantitative estimate of drug-likeness (QED) is 0.876. The third-order valence-corrected chi connectivity index (χ3v) is 4.15. The number of rotatable bonds is 5. The maximum atomic E-state index is 10.9. The fraction of sp³-hybridized carbons (Fsp3) is 0.571. The zero-order valence-electron chi connectivity index (χ0n) is 11.8. The summed E-state index contributed by atoms with van der Waals surface area (Å²) in [6.07, 6.45) is 0.639. The van der Waals surface area contributed by atoms with Crippen LogP contribution in [0.1, 0.15) is 25.8 Å². The molecule has 0 aromatic heterocycles. The van der Waals surface area contributed by atoms with Gasteiger partial charge in [0.1, 0.15) is 0 Å². The third kappa shape index (κ3) is 4.51. The fourth-order valence-electron chi connectivity index (χ4n) is 2.30. The van der Waals surface area contributed by atoms with Crippen molar-refractivity contribution in [1.29, 1.82) is 0 Å². The van der Waals surface area contributed by atoms with Crippen molar-refractivity contribution in [3.63, 3.8) is 0 Å². The summed E-state index contributed by atoms with van der Waals surface area (Å²) >= 11 is 11.9. The van der Waals surface area contributed by atoms with Gasteiger partial charge in [-0.2, -0.15) is 0 Å². The molecule has 0 spiro atoms. The number of hydrogen-bond acceptors (Lipinski definition) is 2. The minimum absolute atomic E-state index is 0. The Morgan fingerprint density at radius 1 is 1.26 bits per heavy atom. The van der Waals surface area contributed by atoms with E-state index in [2.05, 4.69) is 4.90 Å². The van der Waals surface area contributed by atoms with Crippen molar-refractivity contribution in [3.05, 3.63) is 33.8 Å². The van der Waals surface area contributed by atoms with E-state index in [1.165, 1.54) is 0 Å². The molecular formula is C14H22Cl3NO. The van der Waals surface area contributed by atoms with E-state index in [1.54, 1.807) is 12.1 Å². The molecule has 0 aliphatic heterocycles. The molecule has 19 heavy (non-hydrogen) atoms. The van der Waals surface area contributed by atoms with Crippen LogP contribution >= 0.6 is 35.6 Å². The number of benzene rings is 1. The van der Waals surface area contributed by atoms with Crippen LogP contribution in [0.15, 0.2) is 18.2 Å². The molecule has 2 atom stereocenters. The standard InChI is InChI=1S/C14H21Cl2NO.ClH/c1-5-14(18,10(2)9-17(3)4)11-6-7-12(15)13(16)8-11;/h6-8,10,18H,5,9H2,1-4H3;1H. The third-order valence-electron chi connectivity index (χ3n) is 3.41. The van der Waals surface area contributed by atoms with Crippen LogP contribution in [0, 0.1) is 5.92 Å². The second-order valence-electron chi connectivity index (χ2n) is 5.07. The van der Waals surface area contributed by atoms with Crippen LogP contribution < -0.4 is 0 Å². The Labute approximate surface area is 132 Å². The molecule has 2 nitrogen and oxygen atoms in total. The Kier molecular flexibility index (Phi) is 7.71. The number of aliphatic hydroxyl groups is 1. The minimum Gasteiger partial charge on any atom is -0.385 e. The first kappa shape index (κ1) is 19.0. The van der Waals surface area contributed by atoms with E-state index >= 15 is 0 Å². The van der Waals surface area contributed by atoms with Crippen molar-refractivity contribution in [3.8, 4) is 0 Å². The van der Waals surface area contributed by atoms with Gasteiger partial charge in [0.2, 0.25) is 0 Å².